The molecule has 0 unspecified atom stereocenters. The number of benzene rings is 2. The van der Waals surface area contributed by atoms with Gasteiger partial charge in [0.2, 0.25) is 0 Å². The van der Waals surface area contributed by atoms with Gasteiger partial charge in [-0.3, -0.25) is 0 Å². The van der Waals surface area contributed by atoms with Crippen LogP contribution in [0.5, 0.6) is 5.75 Å². The van der Waals surface area contributed by atoms with Crippen molar-refractivity contribution in [1.29, 1.82) is 0 Å². The molecule has 1 aliphatic rings. The number of hydrogen-bond acceptors (Lipinski definition) is 4. The van der Waals surface area contributed by atoms with E-state index >= 15 is 0 Å². The number of hydrogen-bond donors (Lipinski definition) is 1. The van der Waals surface area contributed by atoms with Crippen molar-refractivity contribution in [3.8, 4) is 5.75 Å². The Morgan fingerprint density at radius 1 is 0.885 bits per heavy atom. The lowest BCUT2D eigenvalue weighted by Crippen LogP contribution is -2.23. The molecule has 4 heteroatoms. The van der Waals surface area contributed by atoms with Gasteiger partial charge in [-0.1, -0.05) is 48.5 Å². The molecule has 26 heavy (non-hydrogen) atoms. The topological polar surface area (TPSA) is 47.9 Å². The Kier molecular flexibility index (Phi) is 6.83. The monoisotopic (exact) mass is 354 g/mol. The Morgan fingerprint density at radius 2 is 1.58 bits per heavy atom. The zero-order valence-electron chi connectivity index (χ0n) is 15.1. The molecule has 0 bridgehead atoms. The quantitative estimate of drug-likeness (QED) is 0.697. The van der Waals surface area contributed by atoms with Crippen LogP contribution in [0.15, 0.2) is 66.2 Å². The summed E-state index contributed by atoms with van der Waals surface area (Å²) < 4.78 is 16.8. The van der Waals surface area contributed by atoms with E-state index < -0.39 is 0 Å². The maximum atomic E-state index is 10.2. The van der Waals surface area contributed by atoms with Gasteiger partial charge in [0.15, 0.2) is 0 Å². The van der Waals surface area contributed by atoms with E-state index in [1.165, 1.54) is 0 Å². The van der Waals surface area contributed by atoms with Crippen LogP contribution in [0.4, 0.5) is 0 Å². The number of methoxy groups -OCH3 is 1. The van der Waals surface area contributed by atoms with Gasteiger partial charge in [-0.15, -0.1) is 0 Å². The predicted molar refractivity (Wildman–Crippen MR) is 101 cm³/mol. The molecule has 0 spiro atoms. The van der Waals surface area contributed by atoms with Crippen molar-refractivity contribution >= 4 is 0 Å². The molecule has 0 aromatic heterocycles. The predicted octanol–water partition coefficient (Wildman–Crippen LogP) is 3.74. The molecule has 2 aromatic rings. The molecule has 0 aliphatic heterocycles. The summed E-state index contributed by atoms with van der Waals surface area (Å²) in [5.74, 6) is 0.848. The van der Waals surface area contributed by atoms with Crippen molar-refractivity contribution in [2.75, 3.05) is 20.3 Å². The Hall–Kier alpha value is -2.14. The second-order valence-electron chi connectivity index (χ2n) is 6.53. The minimum Gasteiger partial charge on any atom is -0.497 e. The highest BCUT2D eigenvalue weighted by atomic mass is 16.5. The van der Waals surface area contributed by atoms with Gasteiger partial charge < -0.3 is 19.3 Å². The zero-order chi connectivity index (χ0) is 18.2. The molecule has 1 aliphatic carbocycles. The molecule has 2 aromatic carbocycles. The third kappa shape index (κ3) is 5.18. The second-order valence-corrected chi connectivity index (χ2v) is 6.53. The van der Waals surface area contributed by atoms with E-state index in [4.69, 9.17) is 14.2 Å². The summed E-state index contributed by atoms with van der Waals surface area (Å²) in [6.45, 7) is 2.12. The molecule has 2 atom stereocenters. The standard InChI is InChI=1S/C22H26O4/c1-24-20-10-7-18(8-11-20)14-25-15-19-9-12-22(23)21(19)16-26-13-17-5-3-2-4-6-17/h2-11,21-23H,12-16H2,1H3/t21-,22-/m0/s1. The average molecular weight is 354 g/mol. The highest BCUT2D eigenvalue weighted by Gasteiger charge is 2.28. The van der Waals surface area contributed by atoms with Gasteiger partial charge in [-0.05, 0) is 35.3 Å². The fourth-order valence-electron chi connectivity index (χ4n) is 3.11. The Balaban J connectivity index is 1.44. The first kappa shape index (κ1) is 18.6. The van der Waals surface area contributed by atoms with E-state index in [0.717, 1.165) is 22.4 Å². The van der Waals surface area contributed by atoms with Crippen molar-refractivity contribution < 1.29 is 19.3 Å². The van der Waals surface area contributed by atoms with Gasteiger partial charge in [0, 0.05) is 5.92 Å². The first-order valence-corrected chi connectivity index (χ1v) is 8.95. The lowest BCUT2D eigenvalue weighted by molar-refractivity contribution is 0.0362. The lowest BCUT2D eigenvalue weighted by Gasteiger charge is -2.19. The summed E-state index contributed by atoms with van der Waals surface area (Å²) in [6, 6.07) is 17.9. The first-order valence-electron chi connectivity index (χ1n) is 8.95. The smallest absolute Gasteiger partial charge is 0.118 e. The van der Waals surface area contributed by atoms with E-state index in [1.54, 1.807) is 7.11 Å². The van der Waals surface area contributed by atoms with Crippen molar-refractivity contribution in [1.82, 2.24) is 0 Å². The molecule has 0 saturated heterocycles. The molecule has 0 heterocycles. The van der Waals surface area contributed by atoms with Crippen molar-refractivity contribution in [3.05, 3.63) is 77.4 Å². The highest BCUT2D eigenvalue weighted by molar-refractivity contribution is 5.26. The van der Waals surface area contributed by atoms with Crippen molar-refractivity contribution in [3.63, 3.8) is 0 Å². The third-order valence-electron chi connectivity index (χ3n) is 4.67. The van der Waals surface area contributed by atoms with E-state index in [1.807, 2.05) is 54.6 Å². The minimum absolute atomic E-state index is 0.00887. The largest absolute Gasteiger partial charge is 0.497 e. The molecule has 0 radical (unpaired) electrons. The molecule has 1 N–H and O–H groups in total. The summed E-state index contributed by atoms with van der Waals surface area (Å²) in [5, 5.41) is 10.2. The van der Waals surface area contributed by atoms with Gasteiger partial charge in [-0.2, -0.15) is 0 Å². The van der Waals surface area contributed by atoms with Gasteiger partial charge in [0.1, 0.15) is 5.75 Å². The third-order valence-corrected chi connectivity index (χ3v) is 4.67. The van der Waals surface area contributed by atoms with Crippen molar-refractivity contribution in [2.45, 2.75) is 25.7 Å². The SMILES string of the molecule is COc1ccc(COCC2=CC[C@H](O)[C@H]2COCc2ccccc2)cc1. The zero-order valence-corrected chi connectivity index (χ0v) is 15.1. The number of rotatable bonds is 9. The van der Waals surface area contributed by atoms with Crippen LogP contribution in [0.3, 0.4) is 0 Å². The number of aliphatic hydroxyl groups is 1. The van der Waals surface area contributed by atoms with Gasteiger partial charge >= 0.3 is 0 Å². The lowest BCUT2D eigenvalue weighted by atomic mass is 10.0. The summed E-state index contributed by atoms with van der Waals surface area (Å²) in [6.07, 6.45) is 2.36. The van der Waals surface area contributed by atoms with Crippen molar-refractivity contribution in [2.24, 2.45) is 5.92 Å². The molecule has 0 amide bonds. The summed E-state index contributed by atoms with van der Waals surface area (Å²) in [7, 11) is 1.66. The van der Waals surface area contributed by atoms with Crippen LogP contribution in [0.25, 0.3) is 0 Å². The van der Waals surface area contributed by atoms with Crippen LogP contribution < -0.4 is 4.74 Å². The molecule has 138 valence electrons. The summed E-state index contributed by atoms with van der Waals surface area (Å²) in [5.41, 5.74) is 3.36. The van der Waals surface area contributed by atoms with Crippen LogP contribution in [0.1, 0.15) is 17.5 Å². The Labute approximate surface area is 155 Å². The molecule has 4 nitrogen and oxygen atoms in total. The van der Waals surface area contributed by atoms with Gasteiger partial charge in [-0.25, -0.2) is 0 Å². The number of ether oxygens (including phenoxy) is 3. The molecule has 3 rings (SSSR count). The Morgan fingerprint density at radius 3 is 2.31 bits per heavy atom. The fraction of sp³-hybridized carbons (Fsp3) is 0.364. The van der Waals surface area contributed by atoms with E-state index in [2.05, 4.69) is 6.08 Å². The van der Waals surface area contributed by atoms with E-state index in [0.29, 0.717) is 32.8 Å². The van der Waals surface area contributed by atoms with Gasteiger partial charge in [0.25, 0.3) is 0 Å². The minimum atomic E-state index is -0.384. The molecular formula is C22H26O4. The van der Waals surface area contributed by atoms with Crippen LogP contribution in [0.2, 0.25) is 0 Å². The first-order chi connectivity index (χ1) is 12.8. The highest BCUT2D eigenvalue weighted by Crippen LogP contribution is 2.27. The number of aliphatic hydroxyl groups excluding tert-OH is 1. The molecular weight excluding hydrogens is 328 g/mol. The van der Waals surface area contributed by atoms with E-state index in [-0.39, 0.29) is 12.0 Å². The normalized spacial score (nSPS) is 19.4. The van der Waals surface area contributed by atoms with E-state index in [9.17, 15) is 5.11 Å². The average Bonchev–Trinajstić information content (AvgIpc) is 3.03. The maximum Gasteiger partial charge on any atom is 0.118 e. The van der Waals surface area contributed by atoms with Crippen LogP contribution in [0, 0.1) is 5.92 Å². The van der Waals surface area contributed by atoms with Crippen LogP contribution >= 0.6 is 0 Å². The summed E-state index contributed by atoms with van der Waals surface area (Å²) in [4.78, 5) is 0. The molecule has 0 fully saturated rings. The Bertz CT molecular complexity index is 694. The van der Waals surface area contributed by atoms with Crippen LogP contribution in [-0.2, 0) is 22.7 Å². The second kappa shape index (κ2) is 9.53. The maximum absolute atomic E-state index is 10.2. The van der Waals surface area contributed by atoms with Gasteiger partial charge in [0.05, 0.1) is 39.6 Å². The van der Waals surface area contributed by atoms with Crippen LogP contribution in [-0.4, -0.2) is 31.5 Å². The molecule has 0 saturated carbocycles. The fourth-order valence-corrected chi connectivity index (χ4v) is 3.11. The summed E-state index contributed by atoms with van der Waals surface area (Å²) >= 11 is 0.